The molecule has 3 aromatic carbocycles. The van der Waals surface area contributed by atoms with Gasteiger partial charge in [0.25, 0.3) is 11.1 Å². The molecule has 0 bridgehead atoms. The van der Waals surface area contributed by atoms with E-state index in [1.54, 1.807) is 42.5 Å². The highest BCUT2D eigenvalue weighted by molar-refractivity contribution is 9.10. The lowest BCUT2D eigenvalue weighted by Crippen LogP contribution is -2.27. The van der Waals surface area contributed by atoms with E-state index in [-0.39, 0.29) is 11.1 Å². The predicted octanol–water partition coefficient (Wildman–Crippen LogP) is 7.32. The fraction of sp³-hybridized carbons (Fsp3) is 0.120. The van der Waals surface area contributed by atoms with Crippen LogP contribution in [0.5, 0.6) is 11.5 Å². The lowest BCUT2D eigenvalue weighted by atomic mass is 10.1. The van der Waals surface area contributed by atoms with Crippen molar-refractivity contribution in [1.29, 1.82) is 0 Å². The second-order valence-electron chi connectivity index (χ2n) is 7.05. The molecule has 0 N–H and O–H groups in total. The van der Waals surface area contributed by atoms with Crippen LogP contribution in [0.25, 0.3) is 6.08 Å². The molecule has 0 spiro atoms. The summed E-state index contributed by atoms with van der Waals surface area (Å²) < 4.78 is 12.7. The molecule has 168 valence electrons. The molecular formula is C25H19BrClNO4S. The molecular weight excluding hydrogens is 526 g/mol. The highest BCUT2D eigenvalue weighted by Gasteiger charge is 2.36. The van der Waals surface area contributed by atoms with Crippen molar-refractivity contribution in [2.75, 3.05) is 11.5 Å². The number of amides is 2. The highest BCUT2D eigenvalue weighted by Crippen LogP contribution is 2.37. The van der Waals surface area contributed by atoms with Crippen molar-refractivity contribution in [2.45, 2.75) is 13.5 Å². The van der Waals surface area contributed by atoms with Gasteiger partial charge < -0.3 is 9.47 Å². The highest BCUT2D eigenvalue weighted by atomic mass is 79.9. The summed E-state index contributed by atoms with van der Waals surface area (Å²) in [5.41, 5.74) is 2.20. The number of nitrogens with zero attached hydrogens (tertiary/aromatic N) is 1. The number of carbonyl (C=O) groups is 2. The van der Waals surface area contributed by atoms with Crippen LogP contribution in [0.15, 0.2) is 76.1 Å². The van der Waals surface area contributed by atoms with Gasteiger partial charge in [0.2, 0.25) is 0 Å². The van der Waals surface area contributed by atoms with Crippen LogP contribution in [0.4, 0.5) is 10.5 Å². The SMILES string of the molecule is CCOc1cc(/C=C2/SC(=O)N(c3cccc(Cl)c3)C2=O)ccc1OCc1ccc(Br)cc1. The Bertz CT molecular complexity index is 1230. The van der Waals surface area contributed by atoms with Crippen molar-refractivity contribution in [2.24, 2.45) is 0 Å². The standard InChI is InChI=1S/C25H19BrClNO4S/c1-2-31-22-12-17(8-11-21(22)32-15-16-6-9-18(26)10-7-16)13-23-24(29)28(25(30)33-23)20-5-3-4-19(27)14-20/h3-14H,2,15H2,1H3/b23-13+. The van der Waals surface area contributed by atoms with E-state index in [0.29, 0.717) is 40.3 Å². The van der Waals surface area contributed by atoms with Crippen LogP contribution >= 0.6 is 39.3 Å². The summed E-state index contributed by atoms with van der Waals surface area (Å²) in [5.74, 6) is 0.780. The number of hydrogen-bond acceptors (Lipinski definition) is 5. The quantitative estimate of drug-likeness (QED) is 0.292. The molecule has 1 fully saturated rings. The van der Waals surface area contributed by atoms with Gasteiger partial charge in [0, 0.05) is 9.50 Å². The summed E-state index contributed by atoms with van der Waals surface area (Å²) in [4.78, 5) is 26.9. The lowest BCUT2D eigenvalue weighted by Gasteiger charge is -2.13. The van der Waals surface area contributed by atoms with Crippen molar-refractivity contribution < 1.29 is 19.1 Å². The first-order valence-electron chi connectivity index (χ1n) is 10.1. The molecule has 4 rings (SSSR count). The first-order valence-corrected chi connectivity index (χ1v) is 12.1. The molecule has 0 atom stereocenters. The van der Waals surface area contributed by atoms with Crippen molar-refractivity contribution in [3.8, 4) is 11.5 Å². The van der Waals surface area contributed by atoms with Crippen LogP contribution in [0.3, 0.4) is 0 Å². The summed E-state index contributed by atoms with van der Waals surface area (Å²) in [6, 6.07) is 20.0. The number of rotatable bonds is 7. The zero-order valence-electron chi connectivity index (χ0n) is 17.6. The van der Waals surface area contributed by atoms with E-state index in [0.717, 1.165) is 32.3 Å². The Morgan fingerprint density at radius 3 is 2.52 bits per heavy atom. The Labute approximate surface area is 209 Å². The molecule has 1 aliphatic rings. The predicted molar refractivity (Wildman–Crippen MR) is 136 cm³/mol. The van der Waals surface area contributed by atoms with Crippen LogP contribution in [-0.4, -0.2) is 17.8 Å². The lowest BCUT2D eigenvalue weighted by molar-refractivity contribution is -0.113. The zero-order valence-corrected chi connectivity index (χ0v) is 20.7. The maximum atomic E-state index is 12.9. The van der Waals surface area contributed by atoms with Crippen LogP contribution in [-0.2, 0) is 11.4 Å². The molecule has 1 saturated heterocycles. The van der Waals surface area contributed by atoms with E-state index in [9.17, 15) is 9.59 Å². The van der Waals surface area contributed by atoms with Gasteiger partial charge in [0.05, 0.1) is 17.2 Å². The molecule has 0 saturated carbocycles. The Kier molecular flexibility index (Phi) is 7.42. The molecule has 1 aliphatic heterocycles. The summed E-state index contributed by atoms with van der Waals surface area (Å²) in [6.07, 6.45) is 1.68. The smallest absolute Gasteiger partial charge is 0.298 e. The van der Waals surface area contributed by atoms with Gasteiger partial charge in [0.1, 0.15) is 6.61 Å². The number of imide groups is 1. The molecule has 8 heteroatoms. The number of benzene rings is 3. The number of thioether (sulfide) groups is 1. The average Bonchev–Trinajstić information content (AvgIpc) is 3.07. The molecule has 0 radical (unpaired) electrons. The van der Waals surface area contributed by atoms with Gasteiger partial charge in [-0.05, 0) is 78.4 Å². The first-order chi connectivity index (χ1) is 15.9. The number of ether oxygens (including phenoxy) is 2. The fourth-order valence-electron chi connectivity index (χ4n) is 3.20. The Morgan fingerprint density at radius 2 is 1.79 bits per heavy atom. The van der Waals surface area contributed by atoms with Crippen molar-refractivity contribution in [3.05, 3.63) is 92.3 Å². The van der Waals surface area contributed by atoms with E-state index in [4.69, 9.17) is 21.1 Å². The van der Waals surface area contributed by atoms with E-state index < -0.39 is 0 Å². The van der Waals surface area contributed by atoms with Crippen LogP contribution in [0, 0.1) is 0 Å². The van der Waals surface area contributed by atoms with Gasteiger partial charge in [-0.15, -0.1) is 0 Å². The monoisotopic (exact) mass is 543 g/mol. The van der Waals surface area contributed by atoms with Gasteiger partial charge in [-0.1, -0.05) is 51.8 Å². The number of anilines is 1. The third-order valence-corrected chi connectivity index (χ3v) is 6.37. The number of halogens is 2. The number of hydrogen-bond donors (Lipinski definition) is 0. The zero-order chi connectivity index (χ0) is 23.4. The van der Waals surface area contributed by atoms with Gasteiger partial charge in [-0.25, -0.2) is 4.90 Å². The second-order valence-corrected chi connectivity index (χ2v) is 9.40. The van der Waals surface area contributed by atoms with E-state index >= 15 is 0 Å². The van der Waals surface area contributed by atoms with Crippen molar-refractivity contribution in [3.63, 3.8) is 0 Å². The summed E-state index contributed by atoms with van der Waals surface area (Å²) in [6.45, 7) is 2.75. The molecule has 3 aromatic rings. The average molecular weight is 545 g/mol. The Morgan fingerprint density at radius 1 is 1.00 bits per heavy atom. The molecule has 1 heterocycles. The van der Waals surface area contributed by atoms with Gasteiger partial charge in [-0.3, -0.25) is 9.59 Å². The van der Waals surface area contributed by atoms with Gasteiger partial charge >= 0.3 is 0 Å². The fourth-order valence-corrected chi connectivity index (χ4v) is 4.49. The van der Waals surface area contributed by atoms with Gasteiger partial charge in [-0.2, -0.15) is 0 Å². The number of carbonyl (C=O) groups excluding carboxylic acids is 2. The van der Waals surface area contributed by atoms with Crippen molar-refractivity contribution >= 4 is 62.2 Å². The largest absolute Gasteiger partial charge is 0.490 e. The minimum atomic E-state index is -0.388. The maximum absolute atomic E-state index is 12.9. The Balaban J connectivity index is 1.55. The summed E-state index contributed by atoms with van der Waals surface area (Å²) in [5, 5.41) is 0.0867. The molecule has 2 amide bonds. The van der Waals surface area contributed by atoms with Crippen LogP contribution in [0.2, 0.25) is 5.02 Å². The third kappa shape index (κ3) is 5.61. The first kappa shape index (κ1) is 23.4. The summed E-state index contributed by atoms with van der Waals surface area (Å²) in [7, 11) is 0. The molecule has 0 aromatic heterocycles. The second kappa shape index (κ2) is 10.5. The maximum Gasteiger partial charge on any atom is 0.298 e. The third-order valence-electron chi connectivity index (χ3n) is 4.73. The molecule has 33 heavy (non-hydrogen) atoms. The molecule has 0 unspecified atom stereocenters. The van der Waals surface area contributed by atoms with Crippen LogP contribution in [0.1, 0.15) is 18.1 Å². The van der Waals surface area contributed by atoms with Gasteiger partial charge in [0.15, 0.2) is 11.5 Å². The van der Waals surface area contributed by atoms with E-state index in [1.165, 1.54) is 0 Å². The molecule has 0 aliphatic carbocycles. The minimum absolute atomic E-state index is 0.325. The minimum Gasteiger partial charge on any atom is -0.490 e. The van der Waals surface area contributed by atoms with Crippen LogP contribution < -0.4 is 14.4 Å². The molecule has 5 nitrogen and oxygen atoms in total. The Hall–Kier alpha value is -2.74. The summed E-state index contributed by atoms with van der Waals surface area (Å²) >= 11 is 10.3. The van der Waals surface area contributed by atoms with E-state index in [1.807, 2.05) is 37.3 Å². The normalized spacial score (nSPS) is 14.8. The van der Waals surface area contributed by atoms with E-state index in [2.05, 4.69) is 15.9 Å². The van der Waals surface area contributed by atoms with Crippen molar-refractivity contribution in [1.82, 2.24) is 0 Å². The topological polar surface area (TPSA) is 55.8 Å².